The summed E-state index contributed by atoms with van der Waals surface area (Å²) < 4.78 is 4.76. The topological polar surface area (TPSA) is 158 Å². The van der Waals surface area contributed by atoms with Gasteiger partial charge in [-0.1, -0.05) is 0 Å². The Balaban J connectivity index is 0.00000507. The van der Waals surface area contributed by atoms with Crippen molar-refractivity contribution in [2.24, 2.45) is 21.1 Å². The largest absolute Gasteiger partial charge is 0.367 e. The number of hydrogen-bond acceptors (Lipinski definition) is 5. The average molecular weight is 590 g/mol. The third-order valence-corrected chi connectivity index (χ3v) is 5.64. The lowest BCUT2D eigenvalue weighted by Crippen LogP contribution is -2.30. The van der Waals surface area contributed by atoms with Gasteiger partial charge in [0.2, 0.25) is 6.41 Å². The van der Waals surface area contributed by atoms with Gasteiger partial charge in [-0.2, -0.15) is 0 Å². The molecular weight excluding hydrogens is 558 g/mol. The maximum atomic E-state index is 12.9. The predicted octanol–water partition coefficient (Wildman–Crippen LogP) is 2.01. The monoisotopic (exact) mass is 589 g/mol. The van der Waals surface area contributed by atoms with Gasteiger partial charge in [0.05, 0.1) is 22.9 Å². The van der Waals surface area contributed by atoms with Gasteiger partial charge in [0, 0.05) is 66.8 Å². The lowest BCUT2D eigenvalue weighted by atomic mass is 10.3. The minimum absolute atomic E-state index is 0. The number of carbonyl (C=O) groups excluding carboxylic acids is 4. The number of hydrogen-bond donors (Lipinski definition) is 5. The summed E-state index contributed by atoms with van der Waals surface area (Å²) in [6, 6.07) is 4.64. The molecule has 0 aliphatic rings. The van der Waals surface area contributed by atoms with E-state index in [1.807, 2.05) is 0 Å². The Bertz CT molecular complexity index is 1350. The molecule has 204 valence electrons. The van der Waals surface area contributed by atoms with Crippen LogP contribution in [0, 0.1) is 5.41 Å². The van der Waals surface area contributed by atoms with E-state index in [4.69, 9.17) is 5.41 Å². The zero-order valence-corrected chi connectivity index (χ0v) is 23.5. The molecule has 14 heteroatoms. The lowest BCUT2D eigenvalue weighted by Gasteiger charge is -2.13. The van der Waals surface area contributed by atoms with E-state index in [1.165, 1.54) is 12.1 Å². The highest BCUT2D eigenvalue weighted by Gasteiger charge is 2.18. The minimum Gasteiger partial charge on any atom is -0.367 e. The molecular formula is C24H32BrN9O4. The zero-order valence-electron chi connectivity index (χ0n) is 21.8. The first-order chi connectivity index (χ1) is 17.5. The van der Waals surface area contributed by atoms with Crippen molar-refractivity contribution in [1.82, 2.24) is 23.9 Å². The molecule has 0 fully saturated rings. The van der Waals surface area contributed by atoms with Gasteiger partial charge in [-0.25, -0.2) is 0 Å². The Labute approximate surface area is 230 Å². The van der Waals surface area contributed by atoms with Crippen LogP contribution in [0.5, 0.6) is 0 Å². The Kier molecular flexibility index (Phi) is 10.0. The molecule has 13 nitrogen and oxygen atoms in total. The Hall–Kier alpha value is -4.33. The zero-order chi connectivity index (χ0) is 27.3. The van der Waals surface area contributed by atoms with Gasteiger partial charge < -0.3 is 39.9 Å². The molecule has 0 saturated carbocycles. The highest BCUT2D eigenvalue weighted by Crippen LogP contribution is 2.19. The molecule has 0 unspecified atom stereocenters. The number of nitrogens with one attached hydrogen (secondary N) is 5. The van der Waals surface area contributed by atoms with Crippen molar-refractivity contribution in [2.45, 2.75) is 6.42 Å². The van der Waals surface area contributed by atoms with Gasteiger partial charge >= 0.3 is 0 Å². The number of aromatic nitrogens is 3. The number of amidine groups is 1. The molecule has 0 saturated heterocycles. The Morgan fingerprint density at radius 2 is 1.24 bits per heavy atom. The highest BCUT2D eigenvalue weighted by atomic mass is 79.9. The maximum absolute atomic E-state index is 12.9. The Morgan fingerprint density at radius 3 is 1.68 bits per heavy atom. The van der Waals surface area contributed by atoms with E-state index in [1.54, 1.807) is 78.5 Å². The van der Waals surface area contributed by atoms with Crippen LogP contribution in [0.3, 0.4) is 0 Å². The quantitative estimate of drug-likeness (QED) is 0.139. The van der Waals surface area contributed by atoms with Crippen molar-refractivity contribution in [3.8, 4) is 0 Å². The molecule has 0 aromatic carbocycles. The number of carbonyl (C=O) groups is 4. The average Bonchev–Trinajstić information content (AvgIpc) is 3.49. The summed E-state index contributed by atoms with van der Waals surface area (Å²) in [6.45, 7) is 0.318. The predicted molar refractivity (Wildman–Crippen MR) is 151 cm³/mol. The van der Waals surface area contributed by atoms with Crippen LogP contribution in [0.4, 0.5) is 17.1 Å². The standard InChI is InChI=1S/C24H31N9O4.BrH/c1-30(2)21(25)6-7-26-22(35)18-9-16(12-32(18)4)28-24(37)20-10-17(13-33(20)5)29-23(36)19-8-15(27-14-34)11-31(19)3;/h8-14,25H,6-7H2,1-5H3,(H,26,35)(H,27,34)(H,28,37)(H,29,36);1H. The van der Waals surface area contributed by atoms with E-state index in [9.17, 15) is 19.2 Å². The summed E-state index contributed by atoms with van der Waals surface area (Å²) >= 11 is 0. The number of aryl methyl sites for hydroxylation is 3. The molecule has 0 aliphatic carbocycles. The van der Waals surface area contributed by atoms with Gasteiger partial charge in [0.25, 0.3) is 17.7 Å². The molecule has 0 aliphatic heterocycles. The van der Waals surface area contributed by atoms with Gasteiger partial charge in [-0.05, 0) is 18.2 Å². The maximum Gasteiger partial charge on any atom is 0.272 e. The molecule has 0 atom stereocenters. The fraction of sp³-hybridized carbons (Fsp3) is 0.292. The molecule has 3 aromatic heterocycles. The smallest absolute Gasteiger partial charge is 0.272 e. The third-order valence-electron chi connectivity index (χ3n) is 5.64. The van der Waals surface area contributed by atoms with E-state index in [-0.39, 0.29) is 22.9 Å². The van der Waals surface area contributed by atoms with Crippen LogP contribution in [-0.2, 0) is 25.9 Å². The van der Waals surface area contributed by atoms with E-state index < -0.39 is 11.8 Å². The van der Waals surface area contributed by atoms with Crippen LogP contribution in [0.25, 0.3) is 0 Å². The van der Waals surface area contributed by atoms with E-state index in [0.717, 1.165) is 0 Å². The van der Waals surface area contributed by atoms with E-state index in [2.05, 4.69) is 21.3 Å². The van der Waals surface area contributed by atoms with Crippen LogP contribution in [0.2, 0.25) is 0 Å². The van der Waals surface area contributed by atoms with Gasteiger partial charge in [0.1, 0.15) is 17.1 Å². The first-order valence-electron chi connectivity index (χ1n) is 11.3. The molecule has 4 amide bonds. The summed E-state index contributed by atoms with van der Waals surface area (Å²) in [5.41, 5.74) is 2.32. The molecule has 0 radical (unpaired) electrons. The summed E-state index contributed by atoms with van der Waals surface area (Å²) in [4.78, 5) is 50.4. The van der Waals surface area contributed by atoms with Crippen LogP contribution in [0.1, 0.15) is 37.9 Å². The highest BCUT2D eigenvalue weighted by molar-refractivity contribution is 8.93. The Morgan fingerprint density at radius 1 is 0.816 bits per heavy atom. The number of nitrogens with zero attached hydrogens (tertiary/aromatic N) is 4. The fourth-order valence-electron chi connectivity index (χ4n) is 3.65. The van der Waals surface area contributed by atoms with Gasteiger partial charge in [0.15, 0.2) is 0 Å². The molecule has 3 rings (SSSR count). The molecule has 0 bridgehead atoms. The summed E-state index contributed by atoms with van der Waals surface area (Å²) in [5.74, 6) is -0.734. The van der Waals surface area contributed by atoms with Crippen molar-refractivity contribution in [3.05, 3.63) is 53.9 Å². The molecule has 5 N–H and O–H groups in total. The second-order valence-electron chi connectivity index (χ2n) is 8.69. The van der Waals surface area contributed by atoms with Crippen molar-refractivity contribution in [1.29, 1.82) is 5.41 Å². The number of rotatable bonds is 10. The number of anilines is 3. The SMILES string of the molecule is Br.CN(C)C(=N)CCNC(=O)c1cc(NC(=O)c2cc(NC(=O)c3cc(NC=O)cn3C)cn2C)cn1C. The minimum atomic E-state index is -0.420. The van der Waals surface area contributed by atoms with Crippen LogP contribution in [-0.4, -0.2) is 69.2 Å². The fourth-order valence-corrected chi connectivity index (χ4v) is 3.65. The number of halogens is 1. The van der Waals surface area contributed by atoms with Crippen molar-refractivity contribution >= 4 is 64.0 Å². The van der Waals surface area contributed by atoms with E-state index in [0.29, 0.717) is 59.4 Å². The van der Waals surface area contributed by atoms with Crippen LogP contribution < -0.4 is 21.3 Å². The van der Waals surface area contributed by atoms with Crippen LogP contribution >= 0.6 is 17.0 Å². The lowest BCUT2D eigenvalue weighted by molar-refractivity contribution is -0.105. The molecule has 3 heterocycles. The van der Waals surface area contributed by atoms with Crippen LogP contribution in [0.15, 0.2) is 36.8 Å². The van der Waals surface area contributed by atoms with Crippen molar-refractivity contribution in [2.75, 3.05) is 36.6 Å². The number of amides is 4. The van der Waals surface area contributed by atoms with Crippen molar-refractivity contribution < 1.29 is 19.2 Å². The summed E-state index contributed by atoms with van der Waals surface area (Å²) in [6.07, 6.45) is 5.77. The molecule has 38 heavy (non-hydrogen) atoms. The second-order valence-corrected chi connectivity index (χ2v) is 8.69. The molecule has 0 spiro atoms. The third kappa shape index (κ3) is 7.12. The molecule has 3 aromatic rings. The second kappa shape index (κ2) is 12.8. The normalized spacial score (nSPS) is 10.2. The first-order valence-corrected chi connectivity index (χ1v) is 11.3. The first kappa shape index (κ1) is 29.9. The summed E-state index contributed by atoms with van der Waals surface area (Å²) in [5, 5.41) is 18.6. The summed E-state index contributed by atoms with van der Waals surface area (Å²) in [7, 11) is 8.59. The van der Waals surface area contributed by atoms with Crippen molar-refractivity contribution in [3.63, 3.8) is 0 Å². The van der Waals surface area contributed by atoms with Gasteiger partial charge in [-0.3, -0.25) is 24.6 Å². The van der Waals surface area contributed by atoms with E-state index >= 15 is 0 Å². The van der Waals surface area contributed by atoms with Gasteiger partial charge in [-0.15, -0.1) is 17.0 Å².